The van der Waals surface area contributed by atoms with Crippen molar-refractivity contribution in [2.45, 2.75) is 26.3 Å². The van der Waals surface area contributed by atoms with Crippen LogP contribution in [0.25, 0.3) is 10.9 Å². The molecule has 1 aromatic heterocycles. The highest BCUT2D eigenvalue weighted by Crippen LogP contribution is 2.16. The van der Waals surface area contributed by atoms with Gasteiger partial charge in [0.15, 0.2) is 0 Å². The first-order valence-corrected chi connectivity index (χ1v) is 7.48. The molecule has 0 aliphatic carbocycles. The van der Waals surface area contributed by atoms with E-state index in [2.05, 4.69) is 41.5 Å². The first-order chi connectivity index (χ1) is 9.35. The maximum Gasteiger partial charge on any atom is 0.0705 e. The Kier molecular flexibility index (Phi) is 5.62. The van der Waals surface area contributed by atoms with Crippen LogP contribution in [0.3, 0.4) is 0 Å². The van der Waals surface area contributed by atoms with Crippen molar-refractivity contribution >= 4 is 22.5 Å². The predicted octanol–water partition coefficient (Wildman–Crippen LogP) is 3.98. The minimum Gasteiger partial charge on any atom is -0.312 e. The molecule has 0 radical (unpaired) electrons. The predicted molar refractivity (Wildman–Crippen MR) is 82.6 cm³/mol. The number of halogens is 1. The molecule has 0 aliphatic rings. The first-order valence-electron chi connectivity index (χ1n) is 6.94. The van der Waals surface area contributed by atoms with Crippen LogP contribution in [-0.2, 0) is 6.54 Å². The molecule has 1 atom stereocenters. The molecule has 1 heterocycles. The molecule has 0 aliphatic heterocycles. The Hall–Kier alpha value is -1.12. The van der Waals surface area contributed by atoms with E-state index < -0.39 is 0 Å². The lowest BCUT2D eigenvalue weighted by Crippen LogP contribution is -2.22. The van der Waals surface area contributed by atoms with Gasteiger partial charge in [0.25, 0.3) is 0 Å². The van der Waals surface area contributed by atoms with E-state index >= 15 is 0 Å². The van der Waals surface area contributed by atoms with Gasteiger partial charge in [-0.05, 0) is 36.6 Å². The van der Waals surface area contributed by atoms with Crippen LogP contribution in [0.1, 0.15) is 25.3 Å². The highest BCUT2D eigenvalue weighted by atomic mass is 35.5. The van der Waals surface area contributed by atoms with Crippen LogP contribution in [0.4, 0.5) is 0 Å². The normalized spacial score (nSPS) is 12.7. The molecule has 0 spiro atoms. The summed E-state index contributed by atoms with van der Waals surface area (Å²) in [6, 6.07) is 10.4. The van der Waals surface area contributed by atoms with Crippen molar-refractivity contribution in [3.05, 3.63) is 42.1 Å². The van der Waals surface area contributed by atoms with Crippen molar-refractivity contribution in [3.63, 3.8) is 0 Å². The molecule has 0 amide bonds. The third-order valence-electron chi connectivity index (χ3n) is 3.58. The molecular weight excluding hydrogens is 256 g/mol. The largest absolute Gasteiger partial charge is 0.312 e. The van der Waals surface area contributed by atoms with Crippen LogP contribution < -0.4 is 5.32 Å². The van der Waals surface area contributed by atoms with E-state index in [1.165, 1.54) is 17.4 Å². The number of nitrogens with one attached hydrogen (secondary N) is 1. The molecule has 1 aromatic carbocycles. The zero-order chi connectivity index (χ0) is 13.5. The number of nitrogens with zero attached hydrogens (tertiary/aromatic N) is 1. The van der Waals surface area contributed by atoms with Gasteiger partial charge >= 0.3 is 0 Å². The molecule has 0 fully saturated rings. The van der Waals surface area contributed by atoms with E-state index in [0.29, 0.717) is 5.92 Å². The molecule has 102 valence electrons. The quantitative estimate of drug-likeness (QED) is 0.774. The number of para-hydroxylation sites is 1. The zero-order valence-electron chi connectivity index (χ0n) is 11.4. The third-order valence-corrected chi connectivity index (χ3v) is 3.80. The van der Waals surface area contributed by atoms with Gasteiger partial charge in [-0.2, -0.15) is 0 Å². The van der Waals surface area contributed by atoms with Gasteiger partial charge in [0.2, 0.25) is 0 Å². The second-order valence-corrected chi connectivity index (χ2v) is 5.25. The van der Waals surface area contributed by atoms with Crippen LogP contribution in [0.5, 0.6) is 0 Å². The summed E-state index contributed by atoms with van der Waals surface area (Å²) in [5.74, 6) is 1.42. The van der Waals surface area contributed by atoms with E-state index in [4.69, 9.17) is 11.6 Å². The van der Waals surface area contributed by atoms with Crippen molar-refractivity contribution < 1.29 is 0 Å². The number of benzene rings is 1. The topological polar surface area (TPSA) is 24.9 Å². The second-order valence-electron chi connectivity index (χ2n) is 4.87. The molecule has 0 saturated carbocycles. The number of alkyl halides is 1. The molecule has 0 saturated heterocycles. The Morgan fingerprint density at radius 3 is 2.89 bits per heavy atom. The van der Waals surface area contributed by atoms with Crippen LogP contribution in [0, 0.1) is 5.92 Å². The summed E-state index contributed by atoms with van der Waals surface area (Å²) in [6.07, 6.45) is 4.15. The number of aromatic nitrogens is 1. The standard InChI is InChI=1S/C16H21ClN2/c1-2-13(7-9-17)11-18-12-14-8-10-19-16-6-4-3-5-15(14)16/h3-6,8,10,13,18H,2,7,9,11-12H2,1H3. The van der Waals surface area contributed by atoms with E-state index in [0.717, 1.165) is 30.9 Å². The highest BCUT2D eigenvalue weighted by molar-refractivity contribution is 6.17. The first kappa shape index (κ1) is 14.3. The van der Waals surface area contributed by atoms with E-state index in [9.17, 15) is 0 Å². The number of hydrogen-bond acceptors (Lipinski definition) is 2. The van der Waals surface area contributed by atoms with Crippen molar-refractivity contribution in [2.24, 2.45) is 5.92 Å². The molecule has 2 nitrogen and oxygen atoms in total. The number of rotatable bonds is 7. The lowest BCUT2D eigenvalue weighted by atomic mass is 10.0. The fraction of sp³-hybridized carbons (Fsp3) is 0.438. The van der Waals surface area contributed by atoms with Crippen LogP contribution in [-0.4, -0.2) is 17.4 Å². The van der Waals surface area contributed by atoms with Crippen LogP contribution in [0.15, 0.2) is 36.5 Å². The summed E-state index contributed by atoms with van der Waals surface area (Å²) >= 11 is 5.81. The van der Waals surface area contributed by atoms with Gasteiger partial charge in [0.1, 0.15) is 0 Å². The van der Waals surface area contributed by atoms with Gasteiger partial charge in [0.05, 0.1) is 5.52 Å². The summed E-state index contributed by atoms with van der Waals surface area (Å²) in [5.41, 5.74) is 2.38. The van der Waals surface area contributed by atoms with Crippen molar-refractivity contribution in [3.8, 4) is 0 Å². The number of pyridine rings is 1. The lowest BCUT2D eigenvalue weighted by molar-refractivity contribution is 0.452. The van der Waals surface area contributed by atoms with Crippen molar-refractivity contribution in [2.75, 3.05) is 12.4 Å². The van der Waals surface area contributed by atoms with E-state index in [1.54, 1.807) is 0 Å². The number of hydrogen-bond donors (Lipinski definition) is 1. The van der Waals surface area contributed by atoms with Gasteiger partial charge < -0.3 is 5.32 Å². The van der Waals surface area contributed by atoms with Crippen molar-refractivity contribution in [1.82, 2.24) is 10.3 Å². The third kappa shape index (κ3) is 3.92. The van der Waals surface area contributed by atoms with Gasteiger partial charge in [0, 0.05) is 24.0 Å². The number of fused-ring (bicyclic) bond motifs is 1. The monoisotopic (exact) mass is 276 g/mol. The SMILES string of the molecule is CCC(CCCl)CNCc1ccnc2ccccc12. The van der Waals surface area contributed by atoms with E-state index in [1.807, 2.05) is 12.3 Å². The van der Waals surface area contributed by atoms with E-state index in [-0.39, 0.29) is 0 Å². The minimum absolute atomic E-state index is 0.672. The summed E-state index contributed by atoms with van der Waals surface area (Å²) < 4.78 is 0. The molecule has 1 N–H and O–H groups in total. The van der Waals surface area contributed by atoms with Gasteiger partial charge in [-0.1, -0.05) is 31.5 Å². The lowest BCUT2D eigenvalue weighted by Gasteiger charge is -2.14. The maximum absolute atomic E-state index is 5.81. The molecule has 0 bridgehead atoms. The highest BCUT2D eigenvalue weighted by Gasteiger charge is 2.06. The Morgan fingerprint density at radius 2 is 2.11 bits per heavy atom. The van der Waals surface area contributed by atoms with Gasteiger partial charge in [-0.25, -0.2) is 0 Å². The summed E-state index contributed by atoms with van der Waals surface area (Å²) in [6.45, 7) is 4.14. The van der Waals surface area contributed by atoms with Crippen molar-refractivity contribution in [1.29, 1.82) is 0 Å². The average Bonchev–Trinajstić information content (AvgIpc) is 2.46. The van der Waals surface area contributed by atoms with Crippen LogP contribution >= 0.6 is 11.6 Å². The Balaban J connectivity index is 1.98. The summed E-state index contributed by atoms with van der Waals surface area (Å²) in [5, 5.41) is 4.78. The molecule has 3 heteroatoms. The minimum atomic E-state index is 0.672. The van der Waals surface area contributed by atoms with Gasteiger partial charge in [-0.3, -0.25) is 4.98 Å². The summed E-state index contributed by atoms with van der Waals surface area (Å²) in [7, 11) is 0. The molecule has 19 heavy (non-hydrogen) atoms. The Labute approximate surface area is 120 Å². The second kappa shape index (κ2) is 7.46. The average molecular weight is 277 g/mol. The molecular formula is C16H21ClN2. The van der Waals surface area contributed by atoms with Crippen LogP contribution in [0.2, 0.25) is 0 Å². The molecule has 1 unspecified atom stereocenters. The smallest absolute Gasteiger partial charge is 0.0705 e. The Bertz CT molecular complexity index is 508. The Morgan fingerprint density at radius 1 is 1.26 bits per heavy atom. The molecule has 2 aromatic rings. The maximum atomic E-state index is 5.81. The fourth-order valence-electron chi connectivity index (χ4n) is 2.33. The zero-order valence-corrected chi connectivity index (χ0v) is 12.2. The summed E-state index contributed by atoms with van der Waals surface area (Å²) in [4.78, 5) is 4.39. The fourth-order valence-corrected chi connectivity index (χ4v) is 2.63. The molecule has 2 rings (SSSR count). The van der Waals surface area contributed by atoms with Gasteiger partial charge in [-0.15, -0.1) is 11.6 Å².